The van der Waals surface area contributed by atoms with Gasteiger partial charge in [-0.25, -0.2) is 13.1 Å². The predicted molar refractivity (Wildman–Crippen MR) is 97.2 cm³/mol. The zero-order valence-electron chi connectivity index (χ0n) is 14.7. The van der Waals surface area contributed by atoms with Gasteiger partial charge >= 0.3 is 0 Å². The summed E-state index contributed by atoms with van der Waals surface area (Å²) in [7, 11) is -0.622. The van der Waals surface area contributed by atoms with Crippen LogP contribution in [0.2, 0.25) is 0 Å². The molecule has 1 unspecified atom stereocenters. The van der Waals surface area contributed by atoms with Crippen molar-refractivity contribution in [2.24, 2.45) is 0 Å². The number of sulfonamides is 1. The third kappa shape index (κ3) is 3.38. The summed E-state index contributed by atoms with van der Waals surface area (Å²) >= 11 is 0. The lowest BCUT2D eigenvalue weighted by Gasteiger charge is -2.31. The molecular formula is C18H20N2O5S. The summed E-state index contributed by atoms with van der Waals surface area (Å²) in [5.41, 5.74) is 1.36. The van der Waals surface area contributed by atoms with Gasteiger partial charge in [0, 0.05) is 7.05 Å². The molecule has 0 saturated carbocycles. The van der Waals surface area contributed by atoms with Crippen LogP contribution in [0.25, 0.3) is 0 Å². The molecule has 0 fully saturated rings. The summed E-state index contributed by atoms with van der Waals surface area (Å²) in [6.45, 7) is 1.60. The van der Waals surface area contributed by atoms with Crippen molar-refractivity contribution in [3.05, 3.63) is 48.0 Å². The Kier molecular flexibility index (Phi) is 4.88. The van der Waals surface area contributed by atoms with E-state index >= 15 is 0 Å². The number of para-hydroxylation sites is 2. The molecule has 0 saturated heterocycles. The number of hydrogen-bond acceptors (Lipinski definition) is 5. The number of nitrogens with one attached hydrogen (secondary N) is 1. The molecule has 26 heavy (non-hydrogen) atoms. The van der Waals surface area contributed by atoms with Gasteiger partial charge in [-0.05, 0) is 42.8 Å². The third-order valence-electron chi connectivity index (χ3n) is 4.24. The number of ether oxygens (including phenoxy) is 2. The second kappa shape index (κ2) is 6.97. The van der Waals surface area contributed by atoms with Crippen LogP contribution >= 0.6 is 0 Å². The lowest BCUT2D eigenvalue weighted by Crippen LogP contribution is -2.49. The maximum Gasteiger partial charge on any atom is 0.269 e. The van der Waals surface area contributed by atoms with Crippen LogP contribution in [0.15, 0.2) is 47.4 Å². The fourth-order valence-corrected chi connectivity index (χ4v) is 3.90. The molecule has 1 amide bonds. The molecule has 2 aromatic rings. The first-order valence-corrected chi connectivity index (χ1v) is 9.49. The minimum absolute atomic E-state index is 0.104. The Bertz CT molecular complexity index is 942. The van der Waals surface area contributed by atoms with Crippen LogP contribution in [0.1, 0.15) is 5.56 Å². The molecule has 1 aliphatic heterocycles. The van der Waals surface area contributed by atoms with E-state index in [1.807, 2.05) is 0 Å². The van der Waals surface area contributed by atoms with Crippen molar-refractivity contribution in [1.82, 2.24) is 4.72 Å². The highest BCUT2D eigenvalue weighted by Crippen LogP contribution is 2.32. The highest BCUT2D eigenvalue weighted by atomic mass is 32.2. The highest BCUT2D eigenvalue weighted by Gasteiger charge is 2.33. The standard InChI is InChI=1S/C18H20N2O5S/c1-12-10-13(8-9-15(12)24-3)26(22,23)19-11-17-18(21)20(2)14-6-4-5-7-16(14)25-17/h4-10,17,19H,11H2,1-3H3. The Hall–Kier alpha value is -2.58. The molecule has 0 aromatic heterocycles. The van der Waals surface area contributed by atoms with Gasteiger partial charge in [0.1, 0.15) is 11.5 Å². The molecule has 2 aromatic carbocycles. The summed E-state index contributed by atoms with van der Waals surface area (Å²) in [6, 6.07) is 11.7. The van der Waals surface area contributed by atoms with Crippen LogP contribution < -0.4 is 19.1 Å². The number of carbonyl (C=O) groups excluding carboxylic acids is 1. The number of hydrogen-bond donors (Lipinski definition) is 1. The fourth-order valence-electron chi connectivity index (χ4n) is 2.79. The molecule has 0 spiro atoms. The van der Waals surface area contributed by atoms with Crippen molar-refractivity contribution >= 4 is 21.6 Å². The molecule has 0 radical (unpaired) electrons. The van der Waals surface area contributed by atoms with Crippen LogP contribution in [0.3, 0.4) is 0 Å². The number of aryl methyl sites for hydroxylation is 1. The number of amides is 1. The molecule has 3 rings (SSSR count). The summed E-state index contributed by atoms with van der Waals surface area (Å²) in [4.78, 5) is 14.0. The number of rotatable bonds is 5. The van der Waals surface area contributed by atoms with E-state index in [9.17, 15) is 13.2 Å². The van der Waals surface area contributed by atoms with Gasteiger partial charge in [0.2, 0.25) is 10.0 Å². The molecular weight excluding hydrogens is 356 g/mol. The van der Waals surface area contributed by atoms with Gasteiger partial charge in [-0.15, -0.1) is 0 Å². The van der Waals surface area contributed by atoms with E-state index < -0.39 is 16.1 Å². The first-order chi connectivity index (χ1) is 12.3. The quantitative estimate of drug-likeness (QED) is 0.859. The van der Waals surface area contributed by atoms with Gasteiger partial charge in [0.05, 0.1) is 24.2 Å². The van der Waals surface area contributed by atoms with Crippen LogP contribution in [0, 0.1) is 6.92 Å². The fraction of sp³-hybridized carbons (Fsp3) is 0.278. The van der Waals surface area contributed by atoms with Gasteiger partial charge in [0.15, 0.2) is 6.10 Å². The van der Waals surface area contributed by atoms with Crippen LogP contribution in [0.5, 0.6) is 11.5 Å². The second-order valence-corrected chi connectivity index (χ2v) is 7.72. The Morgan fingerprint density at radius 2 is 1.96 bits per heavy atom. The van der Waals surface area contributed by atoms with Crippen LogP contribution in [-0.4, -0.2) is 41.1 Å². The Morgan fingerprint density at radius 1 is 1.23 bits per heavy atom. The zero-order valence-corrected chi connectivity index (χ0v) is 15.5. The zero-order chi connectivity index (χ0) is 18.9. The number of benzene rings is 2. The normalized spacial score (nSPS) is 16.8. The molecule has 138 valence electrons. The lowest BCUT2D eigenvalue weighted by atomic mass is 10.2. The van der Waals surface area contributed by atoms with Crippen molar-refractivity contribution in [2.45, 2.75) is 17.9 Å². The largest absolute Gasteiger partial charge is 0.496 e. The molecule has 8 heteroatoms. The predicted octanol–water partition coefficient (Wildman–Crippen LogP) is 1.71. The maximum atomic E-state index is 12.5. The van der Waals surface area contributed by atoms with Gasteiger partial charge in [-0.1, -0.05) is 12.1 Å². The van der Waals surface area contributed by atoms with E-state index in [-0.39, 0.29) is 17.3 Å². The lowest BCUT2D eigenvalue weighted by molar-refractivity contribution is -0.125. The van der Waals surface area contributed by atoms with Gasteiger partial charge < -0.3 is 14.4 Å². The van der Waals surface area contributed by atoms with Crippen molar-refractivity contribution in [1.29, 1.82) is 0 Å². The third-order valence-corrected chi connectivity index (χ3v) is 5.66. The minimum Gasteiger partial charge on any atom is -0.496 e. The minimum atomic E-state index is -3.78. The molecule has 1 atom stereocenters. The average molecular weight is 376 g/mol. The molecule has 1 aliphatic rings. The monoisotopic (exact) mass is 376 g/mol. The Balaban J connectivity index is 1.76. The van der Waals surface area contributed by atoms with E-state index in [0.29, 0.717) is 22.7 Å². The van der Waals surface area contributed by atoms with E-state index in [1.54, 1.807) is 44.3 Å². The summed E-state index contributed by atoms with van der Waals surface area (Å²) < 4.78 is 38.3. The topological polar surface area (TPSA) is 84.9 Å². The summed E-state index contributed by atoms with van der Waals surface area (Å²) in [5.74, 6) is 0.837. The van der Waals surface area contributed by atoms with Crippen molar-refractivity contribution < 1.29 is 22.7 Å². The number of carbonyl (C=O) groups is 1. The van der Waals surface area contributed by atoms with Crippen LogP contribution in [0.4, 0.5) is 5.69 Å². The van der Waals surface area contributed by atoms with Gasteiger partial charge in [0.25, 0.3) is 5.91 Å². The number of methoxy groups -OCH3 is 1. The van der Waals surface area contributed by atoms with Crippen molar-refractivity contribution in [3.63, 3.8) is 0 Å². The summed E-state index contributed by atoms with van der Waals surface area (Å²) in [6.07, 6.45) is -0.927. The van der Waals surface area contributed by atoms with E-state index in [0.717, 1.165) is 0 Å². The molecule has 0 bridgehead atoms. The van der Waals surface area contributed by atoms with Crippen LogP contribution in [-0.2, 0) is 14.8 Å². The molecule has 7 nitrogen and oxygen atoms in total. The smallest absolute Gasteiger partial charge is 0.269 e. The SMILES string of the molecule is COc1ccc(S(=O)(=O)NCC2Oc3ccccc3N(C)C2=O)cc1C. The highest BCUT2D eigenvalue weighted by molar-refractivity contribution is 7.89. The molecule has 0 aliphatic carbocycles. The van der Waals surface area contributed by atoms with E-state index in [2.05, 4.69) is 4.72 Å². The van der Waals surface area contributed by atoms with Crippen molar-refractivity contribution in [3.8, 4) is 11.5 Å². The number of nitrogens with zero attached hydrogens (tertiary/aromatic N) is 1. The first-order valence-electron chi connectivity index (χ1n) is 8.01. The number of fused-ring (bicyclic) bond motifs is 1. The van der Waals surface area contributed by atoms with E-state index in [4.69, 9.17) is 9.47 Å². The van der Waals surface area contributed by atoms with Gasteiger partial charge in [-0.2, -0.15) is 0 Å². The second-order valence-electron chi connectivity index (χ2n) is 5.95. The number of likely N-dealkylation sites (N-methyl/N-ethyl adjacent to an activating group) is 1. The van der Waals surface area contributed by atoms with Gasteiger partial charge in [-0.3, -0.25) is 4.79 Å². The Morgan fingerprint density at radius 3 is 2.65 bits per heavy atom. The number of anilines is 1. The molecule has 1 heterocycles. The first kappa shape index (κ1) is 18.2. The van der Waals surface area contributed by atoms with E-state index in [1.165, 1.54) is 24.1 Å². The summed E-state index contributed by atoms with van der Waals surface area (Å²) in [5, 5.41) is 0. The Labute approximate surface area is 152 Å². The maximum absolute atomic E-state index is 12.5. The average Bonchev–Trinajstić information content (AvgIpc) is 2.63. The van der Waals surface area contributed by atoms with Crippen molar-refractivity contribution in [2.75, 3.05) is 25.6 Å². The molecule has 1 N–H and O–H groups in total.